The summed E-state index contributed by atoms with van der Waals surface area (Å²) in [7, 11) is 0. The normalized spacial score (nSPS) is 49.0. The summed E-state index contributed by atoms with van der Waals surface area (Å²) in [6, 6.07) is 0. The minimum Gasteiger partial charge on any atom is -0.399 e. The van der Waals surface area contributed by atoms with Crippen LogP contribution in [0.5, 0.6) is 0 Å². The molecule has 0 radical (unpaired) electrons. The van der Waals surface area contributed by atoms with E-state index < -0.39 is 0 Å². The molecule has 4 fully saturated rings. The van der Waals surface area contributed by atoms with Crippen molar-refractivity contribution in [3.63, 3.8) is 0 Å². The molecule has 0 aromatic carbocycles. The second kappa shape index (κ2) is 6.40. The van der Waals surface area contributed by atoms with E-state index in [0.29, 0.717) is 22.7 Å². The van der Waals surface area contributed by atoms with Crippen LogP contribution in [0, 0.1) is 45.8 Å². The third kappa shape index (κ3) is 2.34. The van der Waals surface area contributed by atoms with Gasteiger partial charge in [-0.25, -0.2) is 0 Å². The van der Waals surface area contributed by atoms with Crippen LogP contribution in [0.2, 0.25) is 0 Å². The number of hydrogen-bond acceptors (Lipinski definition) is 1. The van der Waals surface area contributed by atoms with Gasteiger partial charge in [-0.1, -0.05) is 68.5 Å². The first kappa shape index (κ1) is 19.9. The Balaban J connectivity index is 1.23. The molecule has 2 N–H and O–H groups in total. The van der Waals surface area contributed by atoms with Crippen LogP contribution in [0.1, 0.15) is 65.2 Å². The topological polar surface area (TPSA) is 26.0 Å². The molecule has 6 rings (SSSR count). The summed E-state index contributed by atoms with van der Waals surface area (Å²) in [5, 5.41) is 0. The van der Waals surface area contributed by atoms with Crippen LogP contribution >= 0.6 is 0 Å². The summed E-state index contributed by atoms with van der Waals surface area (Å²) >= 11 is 0. The van der Waals surface area contributed by atoms with Crippen LogP contribution in [-0.4, -0.2) is 0 Å². The summed E-state index contributed by atoms with van der Waals surface area (Å²) in [4.78, 5) is 0. The molecule has 7 unspecified atom stereocenters. The molecule has 0 aliphatic heterocycles. The number of fused-ring (bicyclic) bond motifs is 1. The fraction of sp³-hybridized carbons (Fsp3) is 0.600. The molecule has 6 aliphatic carbocycles. The maximum Gasteiger partial charge on any atom is 0.0270 e. The fourth-order valence-corrected chi connectivity index (χ4v) is 9.86. The van der Waals surface area contributed by atoms with Crippen molar-refractivity contribution < 1.29 is 0 Å². The Morgan fingerprint density at radius 1 is 1.23 bits per heavy atom. The quantitative estimate of drug-likeness (QED) is 0.482. The molecule has 1 nitrogen and oxygen atoms in total. The third-order valence-corrected chi connectivity index (χ3v) is 11.0. The monoisotopic (exact) mass is 413 g/mol. The van der Waals surface area contributed by atoms with Gasteiger partial charge in [0.25, 0.3) is 0 Å². The van der Waals surface area contributed by atoms with Crippen molar-refractivity contribution in [2.24, 2.45) is 51.6 Å². The maximum atomic E-state index is 5.90. The van der Waals surface area contributed by atoms with Crippen molar-refractivity contribution in [3.8, 4) is 0 Å². The van der Waals surface area contributed by atoms with Crippen molar-refractivity contribution >= 4 is 0 Å². The lowest BCUT2D eigenvalue weighted by Gasteiger charge is -2.47. The molecule has 0 aromatic rings. The minimum atomic E-state index is 0.251. The van der Waals surface area contributed by atoms with Gasteiger partial charge in [-0.15, -0.1) is 0 Å². The van der Waals surface area contributed by atoms with Gasteiger partial charge in [0.05, 0.1) is 0 Å². The van der Waals surface area contributed by atoms with Gasteiger partial charge >= 0.3 is 0 Å². The number of nitrogens with two attached hydrogens (primary N) is 1. The highest BCUT2D eigenvalue weighted by molar-refractivity contribution is 5.52. The van der Waals surface area contributed by atoms with Gasteiger partial charge in [0.1, 0.15) is 0 Å². The minimum absolute atomic E-state index is 0.251. The molecule has 8 atom stereocenters. The zero-order chi connectivity index (χ0) is 21.6. The van der Waals surface area contributed by atoms with Crippen LogP contribution in [0.15, 0.2) is 72.0 Å². The van der Waals surface area contributed by atoms with Crippen molar-refractivity contribution in [3.05, 3.63) is 72.0 Å². The van der Waals surface area contributed by atoms with E-state index in [-0.39, 0.29) is 5.41 Å². The van der Waals surface area contributed by atoms with E-state index in [4.69, 9.17) is 5.73 Å². The molecular formula is C30H39N. The summed E-state index contributed by atoms with van der Waals surface area (Å²) in [5.74, 6) is 3.91. The molecule has 0 amide bonds. The van der Waals surface area contributed by atoms with E-state index >= 15 is 0 Å². The molecule has 4 saturated carbocycles. The highest BCUT2D eigenvalue weighted by Crippen LogP contribution is 2.94. The van der Waals surface area contributed by atoms with Crippen LogP contribution in [0.25, 0.3) is 0 Å². The smallest absolute Gasteiger partial charge is 0.0270 e. The number of allylic oxidation sites excluding steroid dienone is 9. The van der Waals surface area contributed by atoms with Gasteiger partial charge in [-0.2, -0.15) is 0 Å². The molecule has 31 heavy (non-hydrogen) atoms. The predicted molar refractivity (Wildman–Crippen MR) is 130 cm³/mol. The standard InChI is InChI=1S/C30H39N/c1-19-11-14-28(4)26(17-19)21(3)18-27-29-15-12-24(25(29)13-16-30(27,28)29)20(2)5-6-22-7-9-23(31)10-8-22/h7,9-11,14,17,21-22,24-25,27H,1-2,5-6,8,12-13,15-16,18,31H2,3-4H3/t21-,22?,24?,25?,27?,28?,29?,30?/m0/s1. The Kier molecular flexibility index (Phi) is 4.10. The van der Waals surface area contributed by atoms with Gasteiger partial charge < -0.3 is 5.73 Å². The molecule has 6 aliphatic rings. The molecule has 164 valence electrons. The van der Waals surface area contributed by atoms with E-state index in [9.17, 15) is 0 Å². The van der Waals surface area contributed by atoms with E-state index in [1.54, 1.807) is 11.1 Å². The highest BCUT2D eigenvalue weighted by Gasteiger charge is 2.88. The SMILES string of the molecule is C=C1C=CC2(C)C(=C1)[C@@H](C)CC1C34CCC(C(=C)CCC5C=CC(N)=CC5)C3CCC124. The lowest BCUT2D eigenvalue weighted by Crippen LogP contribution is -2.38. The van der Waals surface area contributed by atoms with E-state index in [2.05, 4.69) is 63.5 Å². The second-order valence-electron chi connectivity index (χ2n) is 12.0. The summed E-state index contributed by atoms with van der Waals surface area (Å²) < 4.78 is 0. The van der Waals surface area contributed by atoms with Gasteiger partial charge in [0.2, 0.25) is 0 Å². The first-order chi connectivity index (χ1) is 14.8. The van der Waals surface area contributed by atoms with Crippen LogP contribution in [0.3, 0.4) is 0 Å². The summed E-state index contributed by atoms with van der Waals surface area (Å²) in [6.07, 6.45) is 24.5. The Bertz CT molecular complexity index is 974. The molecular weight excluding hydrogens is 374 g/mol. The Morgan fingerprint density at radius 3 is 2.84 bits per heavy atom. The number of rotatable bonds is 4. The lowest BCUT2D eigenvalue weighted by atomic mass is 9.57. The van der Waals surface area contributed by atoms with Crippen molar-refractivity contribution in [1.82, 2.24) is 0 Å². The van der Waals surface area contributed by atoms with Crippen molar-refractivity contribution in [1.29, 1.82) is 0 Å². The van der Waals surface area contributed by atoms with E-state index in [1.807, 2.05) is 0 Å². The van der Waals surface area contributed by atoms with Crippen molar-refractivity contribution in [2.45, 2.75) is 65.2 Å². The number of hydrogen-bond donors (Lipinski definition) is 1. The molecule has 1 heteroatoms. The summed E-state index contributed by atoms with van der Waals surface area (Å²) in [5.41, 5.74) is 12.6. The Morgan fingerprint density at radius 2 is 2.06 bits per heavy atom. The predicted octanol–water partition coefficient (Wildman–Crippen LogP) is 7.26. The lowest BCUT2D eigenvalue weighted by molar-refractivity contribution is 0.168. The second-order valence-corrected chi connectivity index (χ2v) is 12.0. The van der Waals surface area contributed by atoms with E-state index in [0.717, 1.165) is 29.9 Å². The molecule has 0 bridgehead atoms. The Hall–Kier alpha value is -1.76. The fourth-order valence-electron chi connectivity index (χ4n) is 9.86. The highest BCUT2D eigenvalue weighted by atomic mass is 14.9. The Labute approximate surface area is 188 Å². The molecule has 0 heterocycles. The van der Waals surface area contributed by atoms with Crippen molar-refractivity contribution in [2.75, 3.05) is 0 Å². The van der Waals surface area contributed by atoms with Crippen LogP contribution < -0.4 is 5.73 Å². The maximum absolute atomic E-state index is 5.90. The first-order valence-electron chi connectivity index (χ1n) is 12.8. The largest absolute Gasteiger partial charge is 0.399 e. The van der Waals surface area contributed by atoms with Gasteiger partial charge in [-0.05, 0) is 103 Å². The van der Waals surface area contributed by atoms with Gasteiger partial charge in [0, 0.05) is 11.1 Å². The molecule has 0 saturated heterocycles. The van der Waals surface area contributed by atoms with Crippen LogP contribution in [0.4, 0.5) is 0 Å². The van der Waals surface area contributed by atoms with Crippen LogP contribution in [-0.2, 0) is 0 Å². The van der Waals surface area contributed by atoms with Gasteiger partial charge in [0.15, 0.2) is 0 Å². The van der Waals surface area contributed by atoms with E-state index in [1.165, 1.54) is 50.5 Å². The van der Waals surface area contributed by atoms with Gasteiger partial charge in [-0.3, -0.25) is 0 Å². The summed E-state index contributed by atoms with van der Waals surface area (Å²) in [6.45, 7) is 14.0. The first-order valence-corrected chi connectivity index (χ1v) is 12.8. The third-order valence-electron chi connectivity index (χ3n) is 11.0. The average molecular weight is 414 g/mol. The average Bonchev–Trinajstić information content (AvgIpc) is 3.03. The zero-order valence-corrected chi connectivity index (χ0v) is 19.5. The molecule has 0 aromatic heterocycles. The zero-order valence-electron chi connectivity index (χ0n) is 19.5. The molecule has 2 spiro atoms.